The molecular formula is C17H27NO6Si. The molecule has 0 unspecified atom stereocenters. The largest absolute Gasteiger partial charge is 0.464 e. The van der Waals surface area contributed by atoms with Crippen LogP contribution < -0.4 is 0 Å². The third kappa shape index (κ3) is 4.49. The lowest BCUT2D eigenvalue weighted by molar-refractivity contribution is -0.148. The second-order valence-electron chi connectivity index (χ2n) is 7.69. The van der Waals surface area contributed by atoms with Gasteiger partial charge in [0, 0.05) is 14.0 Å². The minimum atomic E-state index is -1.38. The SMILES string of the molecule is CCOC(=O)[C@H]1C[C@H]2C(=O)C=C[C@H](O)[C@H]2N1C(=O)OCC[Si](C)(C)C. The molecule has 0 aromatic rings. The van der Waals surface area contributed by atoms with Crippen molar-refractivity contribution in [3.05, 3.63) is 12.2 Å². The highest BCUT2D eigenvalue weighted by molar-refractivity contribution is 6.76. The molecule has 0 radical (unpaired) electrons. The van der Waals surface area contributed by atoms with Crippen LogP contribution >= 0.6 is 0 Å². The van der Waals surface area contributed by atoms with E-state index in [9.17, 15) is 19.5 Å². The summed E-state index contributed by atoms with van der Waals surface area (Å²) in [6.45, 7) is 8.63. The van der Waals surface area contributed by atoms with Crippen molar-refractivity contribution >= 4 is 25.9 Å². The molecule has 1 heterocycles. The van der Waals surface area contributed by atoms with Gasteiger partial charge in [-0.3, -0.25) is 9.69 Å². The summed E-state index contributed by atoms with van der Waals surface area (Å²) in [4.78, 5) is 38.2. The molecule has 2 rings (SSSR count). The van der Waals surface area contributed by atoms with Gasteiger partial charge in [0.05, 0.1) is 25.4 Å². The van der Waals surface area contributed by atoms with E-state index in [0.717, 1.165) is 6.04 Å². The minimum absolute atomic E-state index is 0.146. The van der Waals surface area contributed by atoms with Gasteiger partial charge in [-0.05, 0) is 25.5 Å². The van der Waals surface area contributed by atoms with Gasteiger partial charge in [0.1, 0.15) is 6.04 Å². The first-order chi connectivity index (χ1) is 11.7. The van der Waals surface area contributed by atoms with Gasteiger partial charge in [-0.15, -0.1) is 0 Å². The van der Waals surface area contributed by atoms with E-state index in [1.807, 2.05) is 0 Å². The molecule has 25 heavy (non-hydrogen) atoms. The topological polar surface area (TPSA) is 93.1 Å². The number of ketones is 1. The second kappa shape index (κ2) is 7.70. The van der Waals surface area contributed by atoms with Crippen LogP contribution in [0.25, 0.3) is 0 Å². The van der Waals surface area contributed by atoms with Gasteiger partial charge in [-0.2, -0.15) is 0 Å². The maximum atomic E-state index is 12.6. The lowest BCUT2D eigenvalue weighted by atomic mass is 9.86. The molecule has 0 saturated carbocycles. The number of ether oxygens (including phenoxy) is 2. The van der Waals surface area contributed by atoms with Gasteiger partial charge < -0.3 is 14.6 Å². The molecule has 7 nitrogen and oxygen atoms in total. The van der Waals surface area contributed by atoms with Crippen molar-refractivity contribution in [1.82, 2.24) is 4.90 Å². The number of aliphatic hydroxyl groups is 1. The predicted molar refractivity (Wildman–Crippen MR) is 93.8 cm³/mol. The number of nitrogens with zero attached hydrogens (tertiary/aromatic N) is 1. The quantitative estimate of drug-likeness (QED) is 0.584. The Bertz CT molecular complexity index is 570. The van der Waals surface area contributed by atoms with Crippen LogP contribution in [-0.4, -0.2) is 67.3 Å². The first kappa shape index (κ1) is 19.6. The van der Waals surface area contributed by atoms with Gasteiger partial charge in [0.15, 0.2) is 5.78 Å². The summed E-state index contributed by atoms with van der Waals surface area (Å²) in [5.74, 6) is -1.38. The first-order valence-corrected chi connectivity index (χ1v) is 12.4. The Labute approximate surface area is 149 Å². The Morgan fingerprint density at radius 1 is 1.32 bits per heavy atom. The average molecular weight is 369 g/mol. The summed E-state index contributed by atoms with van der Waals surface area (Å²) in [6, 6.07) is -0.898. The van der Waals surface area contributed by atoms with Crippen LogP contribution in [0.3, 0.4) is 0 Å². The van der Waals surface area contributed by atoms with Crippen LogP contribution in [-0.2, 0) is 19.1 Å². The van der Waals surface area contributed by atoms with E-state index in [0.29, 0.717) is 0 Å². The molecule has 0 bridgehead atoms. The minimum Gasteiger partial charge on any atom is -0.464 e. The van der Waals surface area contributed by atoms with Crippen molar-refractivity contribution in [2.75, 3.05) is 13.2 Å². The number of fused-ring (bicyclic) bond motifs is 1. The van der Waals surface area contributed by atoms with Gasteiger partial charge in [0.25, 0.3) is 0 Å². The molecule has 0 spiro atoms. The van der Waals surface area contributed by atoms with E-state index in [4.69, 9.17) is 9.47 Å². The number of hydrogen-bond acceptors (Lipinski definition) is 6. The van der Waals surface area contributed by atoms with Crippen LogP contribution in [0.2, 0.25) is 25.7 Å². The Morgan fingerprint density at radius 2 is 2.00 bits per heavy atom. The number of esters is 1. The zero-order valence-corrected chi connectivity index (χ0v) is 16.2. The fourth-order valence-corrected chi connectivity index (χ4v) is 3.94. The van der Waals surface area contributed by atoms with Crippen LogP contribution in [0, 0.1) is 5.92 Å². The summed E-state index contributed by atoms with van der Waals surface area (Å²) in [6.07, 6.45) is 1.14. The van der Waals surface area contributed by atoms with Gasteiger partial charge in [-0.25, -0.2) is 9.59 Å². The van der Waals surface area contributed by atoms with Crippen molar-refractivity contribution in [2.45, 2.75) is 57.2 Å². The number of allylic oxidation sites excluding steroid dienone is 1. The van der Waals surface area contributed by atoms with Crippen LogP contribution in [0.1, 0.15) is 13.3 Å². The number of aliphatic hydroxyl groups excluding tert-OH is 1. The molecule has 140 valence electrons. The van der Waals surface area contributed by atoms with E-state index in [-0.39, 0.29) is 25.4 Å². The Hall–Kier alpha value is -1.67. The normalized spacial score (nSPS) is 28.7. The lowest BCUT2D eigenvalue weighted by Gasteiger charge is -2.33. The molecular weight excluding hydrogens is 342 g/mol. The monoisotopic (exact) mass is 369 g/mol. The number of rotatable bonds is 5. The predicted octanol–water partition coefficient (Wildman–Crippen LogP) is 1.58. The summed E-state index contributed by atoms with van der Waals surface area (Å²) < 4.78 is 10.4. The molecule has 0 aromatic heterocycles. The zero-order chi connectivity index (χ0) is 18.8. The van der Waals surface area contributed by atoms with Gasteiger partial charge >= 0.3 is 12.1 Å². The Kier molecular flexibility index (Phi) is 6.05. The van der Waals surface area contributed by atoms with Crippen molar-refractivity contribution in [3.8, 4) is 0 Å². The standard InChI is InChI=1S/C17H27NO6Si/c1-5-23-16(21)12-10-11-13(19)6-7-14(20)15(11)18(12)17(22)24-8-9-25(2,3)4/h6-7,11-12,14-15,20H,5,8-10H2,1-4H3/t11-,12+,14-,15-/m0/s1. The highest BCUT2D eigenvalue weighted by Crippen LogP contribution is 2.37. The lowest BCUT2D eigenvalue weighted by Crippen LogP contribution is -2.52. The maximum Gasteiger partial charge on any atom is 0.410 e. The third-order valence-corrected chi connectivity index (χ3v) is 6.27. The molecule has 8 heteroatoms. The molecule has 1 aliphatic carbocycles. The van der Waals surface area contributed by atoms with E-state index in [2.05, 4.69) is 19.6 Å². The molecule has 1 N–H and O–H groups in total. The summed E-state index contributed by atoms with van der Waals surface area (Å²) in [7, 11) is -1.38. The molecule has 1 saturated heterocycles. The van der Waals surface area contributed by atoms with E-state index >= 15 is 0 Å². The summed E-state index contributed by atoms with van der Waals surface area (Å²) in [5, 5.41) is 10.3. The number of carbonyl (C=O) groups excluding carboxylic acids is 3. The smallest absolute Gasteiger partial charge is 0.410 e. The highest BCUT2D eigenvalue weighted by Gasteiger charge is 2.54. The molecule has 1 aliphatic heterocycles. The number of likely N-dealkylation sites (tertiary alicyclic amines) is 1. The molecule has 1 amide bonds. The summed E-state index contributed by atoms with van der Waals surface area (Å²) >= 11 is 0. The van der Waals surface area contributed by atoms with Gasteiger partial charge in [0.2, 0.25) is 0 Å². The fourth-order valence-electron chi connectivity index (χ4n) is 3.23. The van der Waals surface area contributed by atoms with Gasteiger partial charge in [-0.1, -0.05) is 25.7 Å². The van der Waals surface area contributed by atoms with E-state index in [1.54, 1.807) is 6.92 Å². The Morgan fingerprint density at radius 3 is 2.60 bits per heavy atom. The highest BCUT2D eigenvalue weighted by atomic mass is 28.3. The maximum absolute atomic E-state index is 12.6. The van der Waals surface area contributed by atoms with Crippen LogP contribution in [0.15, 0.2) is 12.2 Å². The first-order valence-electron chi connectivity index (χ1n) is 8.67. The van der Waals surface area contributed by atoms with Crippen molar-refractivity contribution in [3.63, 3.8) is 0 Å². The molecule has 4 atom stereocenters. The zero-order valence-electron chi connectivity index (χ0n) is 15.2. The Balaban J connectivity index is 2.18. The molecule has 1 fully saturated rings. The number of hydrogen-bond donors (Lipinski definition) is 1. The number of amides is 1. The van der Waals surface area contributed by atoms with Crippen molar-refractivity contribution in [2.24, 2.45) is 5.92 Å². The van der Waals surface area contributed by atoms with Crippen LogP contribution in [0.4, 0.5) is 4.79 Å². The van der Waals surface area contributed by atoms with E-state index in [1.165, 1.54) is 17.1 Å². The third-order valence-electron chi connectivity index (χ3n) is 4.57. The molecule has 2 aliphatic rings. The average Bonchev–Trinajstić information content (AvgIpc) is 2.92. The van der Waals surface area contributed by atoms with E-state index < -0.39 is 44.2 Å². The second-order valence-corrected chi connectivity index (χ2v) is 13.3. The summed E-state index contributed by atoms with van der Waals surface area (Å²) in [5.41, 5.74) is 0. The number of carbonyl (C=O) groups is 3. The fraction of sp³-hybridized carbons (Fsp3) is 0.706. The van der Waals surface area contributed by atoms with Crippen molar-refractivity contribution < 1.29 is 29.0 Å². The molecule has 0 aromatic carbocycles. The van der Waals surface area contributed by atoms with Crippen molar-refractivity contribution in [1.29, 1.82) is 0 Å². The van der Waals surface area contributed by atoms with Crippen LogP contribution in [0.5, 0.6) is 0 Å².